The first kappa shape index (κ1) is 26.4. The number of nitrogens with two attached hydrogens (primary N) is 1. The van der Waals surface area contributed by atoms with Crippen LogP contribution in [0.2, 0.25) is 5.02 Å². The molecule has 2 N–H and O–H groups in total. The summed E-state index contributed by atoms with van der Waals surface area (Å²) in [5.41, 5.74) is 7.79. The average Bonchev–Trinajstić information content (AvgIpc) is 3.60. The topological polar surface area (TPSA) is 80.5 Å². The smallest absolute Gasteiger partial charge is 0.240 e. The molecule has 5 nitrogen and oxygen atoms in total. The Kier molecular flexibility index (Phi) is 8.10. The van der Waals surface area contributed by atoms with Crippen LogP contribution in [0.4, 0.5) is 0 Å². The van der Waals surface area contributed by atoms with Gasteiger partial charge in [-0.3, -0.25) is 14.4 Å². The van der Waals surface area contributed by atoms with Crippen molar-refractivity contribution in [1.29, 1.82) is 0 Å². The lowest BCUT2D eigenvalue weighted by Crippen LogP contribution is -2.50. The van der Waals surface area contributed by atoms with Gasteiger partial charge >= 0.3 is 0 Å². The van der Waals surface area contributed by atoms with E-state index in [1.165, 1.54) is 11.3 Å². The van der Waals surface area contributed by atoms with Gasteiger partial charge in [0.05, 0.1) is 16.8 Å². The van der Waals surface area contributed by atoms with Crippen LogP contribution in [0.5, 0.6) is 0 Å². The molecule has 4 atom stereocenters. The molecule has 38 heavy (non-hydrogen) atoms. The zero-order valence-corrected chi connectivity index (χ0v) is 22.6. The monoisotopic (exact) mass is 546 g/mol. The molecular weight excluding hydrogens is 516 g/mol. The van der Waals surface area contributed by atoms with Crippen LogP contribution in [-0.4, -0.2) is 34.6 Å². The zero-order chi connectivity index (χ0) is 26.6. The molecule has 3 aromatic rings. The van der Waals surface area contributed by atoms with Crippen LogP contribution in [0, 0.1) is 11.8 Å². The van der Waals surface area contributed by atoms with Crippen LogP contribution in [0.15, 0.2) is 78.2 Å². The van der Waals surface area contributed by atoms with Gasteiger partial charge in [0.1, 0.15) is 6.04 Å². The highest BCUT2D eigenvalue weighted by Crippen LogP contribution is 2.46. The van der Waals surface area contributed by atoms with Gasteiger partial charge in [-0.2, -0.15) is 0 Å². The normalized spacial score (nSPS) is 24.1. The number of ketones is 1. The maximum absolute atomic E-state index is 14.2. The minimum atomic E-state index is -0.954. The summed E-state index contributed by atoms with van der Waals surface area (Å²) >= 11 is 7.56. The number of benzene rings is 2. The van der Waals surface area contributed by atoms with E-state index in [2.05, 4.69) is 0 Å². The molecule has 2 fully saturated rings. The summed E-state index contributed by atoms with van der Waals surface area (Å²) in [6.07, 6.45) is 8.48. The predicted molar refractivity (Wildman–Crippen MR) is 152 cm³/mol. The van der Waals surface area contributed by atoms with Crippen molar-refractivity contribution in [2.24, 2.45) is 17.6 Å². The molecule has 1 aliphatic carbocycles. The molecule has 2 heterocycles. The molecule has 1 saturated heterocycles. The molecule has 196 valence electrons. The van der Waals surface area contributed by atoms with Crippen molar-refractivity contribution < 1.29 is 14.4 Å². The molecule has 4 unspecified atom stereocenters. The molecule has 0 bridgehead atoms. The van der Waals surface area contributed by atoms with Gasteiger partial charge in [-0.05, 0) is 47.5 Å². The van der Waals surface area contributed by atoms with E-state index in [-0.39, 0.29) is 17.6 Å². The highest BCUT2D eigenvalue weighted by atomic mass is 35.5. The quantitative estimate of drug-likeness (QED) is 0.351. The predicted octanol–water partition coefficient (Wildman–Crippen LogP) is 6.34. The van der Waals surface area contributed by atoms with Crippen LogP contribution in [-0.2, 0) is 9.59 Å². The third-order valence-corrected chi connectivity index (χ3v) is 8.96. The second kappa shape index (κ2) is 11.7. The van der Waals surface area contributed by atoms with Crippen molar-refractivity contribution in [2.75, 3.05) is 0 Å². The van der Waals surface area contributed by atoms with Crippen molar-refractivity contribution in [3.05, 3.63) is 99.2 Å². The number of hydrogen-bond acceptors (Lipinski definition) is 4. The van der Waals surface area contributed by atoms with Gasteiger partial charge in [0.25, 0.3) is 0 Å². The largest absolute Gasteiger partial charge is 0.368 e. The minimum Gasteiger partial charge on any atom is -0.368 e. The second-order valence-electron chi connectivity index (χ2n) is 10.1. The molecule has 1 saturated carbocycles. The van der Waals surface area contributed by atoms with E-state index in [0.29, 0.717) is 9.90 Å². The Morgan fingerprint density at radius 2 is 1.63 bits per heavy atom. The number of likely N-dealkylation sites (tertiary alicyclic amines) is 1. The fourth-order valence-electron chi connectivity index (χ4n) is 6.06. The number of hydrogen-bond donors (Lipinski definition) is 1. The van der Waals surface area contributed by atoms with Gasteiger partial charge < -0.3 is 10.6 Å². The summed E-state index contributed by atoms with van der Waals surface area (Å²) in [7, 11) is 0. The number of carbonyl (C=O) groups excluding carboxylic acids is 3. The molecule has 2 aromatic carbocycles. The summed E-state index contributed by atoms with van der Waals surface area (Å²) in [5, 5.41) is 2.42. The summed E-state index contributed by atoms with van der Waals surface area (Å²) in [6, 6.07) is 19.0. The third kappa shape index (κ3) is 5.33. The molecule has 7 heteroatoms. The summed E-state index contributed by atoms with van der Waals surface area (Å²) in [6.45, 7) is 0. The molecule has 2 amide bonds. The molecule has 0 spiro atoms. The Hall–Kier alpha value is -3.22. The minimum absolute atomic E-state index is 0.0864. The van der Waals surface area contributed by atoms with Gasteiger partial charge in [0.2, 0.25) is 11.8 Å². The van der Waals surface area contributed by atoms with Crippen molar-refractivity contribution in [1.82, 2.24) is 4.90 Å². The van der Waals surface area contributed by atoms with Crippen molar-refractivity contribution in [3.8, 4) is 0 Å². The number of rotatable bonds is 7. The Bertz CT molecular complexity index is 1300. The zero-order valence-electron chi connectivity index (χ0n) is 21.0. The fourth-order valence-corrected chi connectivity index (χ4v) is 6.90. The van der Waals surface area contributed by atoms with Crippen LogP contribution < -0.4 is 5.73 Å². The van der Waals surface area contributed by atoms with Gasteiger partial charge in [0, 0.05) is 16.9 Å². The van der Waals surface area contributed by atoms with Crippen molar-refractivity contribution >= 4 is 46.6 Å². The summed E-state index contributed by atoms with van der Waals surface area (Å²) in [4.78, 5) is 43.8. The molecule has 1 aliphatic heterocycles. The van der Waals surface area contributed by atoms with E-state index < -0.39 is 29.8 Å². The first-order valence-corrected chi connectivity index (χ1v) is 14.4. The van der Waals surface area contributed by atoms with Crippen LogP contribution in [0.1, 0.15) is 58.8 Å². The first-order valence-electron chi connectivity index (χ1n) is 13.1. The SMILES string of the molecule is NC(=O)C1C(c2ccc(Cl)cc2)C(C(=O)c2cccs2)C(C=Cc2ccccc2)N1C(=O)C1CCCCC1. The van der Waals surface area contributed by atoms with E-state index in [0.717, 1.165) is 43.2 Å². The van der Waals surface area contributed by atoms with E-state index in [1.54, 1.807) is 23.1 Å². The van der Waals surface area contributed by atoms with Crippen LogP contribution in [0.25, 0.3) is 6.08 Å². The number of amides is 2. The van der Waals surface area contributed by atoms with Gasteiger partial charge in [-0.15, -0.1) is 11.3 Å². The van der Waals surface area contributed by atoms with Crippen molar-refractivity contribution in [2.45, 2.75) is 50.1 Å². The van der Waals surface area contributed by atoms with E-state index in [1.807, 2.05) is 66.1 Å². The van der Waals surface area contributed by atoms with Crippen LogP contribution in [0.3, 0.4) is 0 Å². The Morgan fingerprint density at radius 3 is 2.26 bits per heavy atom. The third-order valence-electron chi connectivity index (χ3n) is 7.82. The lowest BCUT2D eigenvalue weighted by atomic mass is 9.78. The number of Topliss-reactive ketones (excluding diaryl/α,β-unsaturated/α-hetero) is 1. The molecule has 0 radical (unpaired) electrons. The number of primary amides is 1. The number of nitrogens with zero attached hydrogens (tertiary/aromatic N) is 1. The number of thiophene rings is 1. The summed E-state index contributed by atoms with van der Waals surface area (Å²) in [5.74, 6) is -2.24. The lowest BCUT2D eigenvalue weighted by Gasteiger charge is -2.33. The van der Waals surface area contributed by atoms with E-state index >= 15 is 0 Å². The fraction of sp³-hybridized carbons (Fsp3) is 0.323. The molecule has 2 aliphatic rings. The highest BCUT2D eigenvalue weighted by molar-refractivity contribution is 7.12. The Labute approximate surface area is 232 Å². The van der Waals surface area contributed by atoms with E-state index in [4.69, 9.17) is 17.3 Å². The second-order valence-corrected chi connectivity index (χ2v) is 11.5. The maximum Gasteiger partial charge on any atom is 0.240 e. The maximum atomic E-state index is 14.2. The number of carbonyl (C=O) groups is 3. The van der Waals surface area contributed by atoms with E-state index in [9.17, 15) is 14.4 Å². The average molecular weight is 547 g/mol. The van der Waals surface area contributed by atoms with Gasteiger partial charge in [-0.1, -0.05) is 91.5 Å². The lowest BCUT2D eigenvalue weighted by molar-refractivity contribution is -0.143. The van der Waals surface area contributed by atoms with Crippen LogP contribution >= 0.6 is 22.9 Å². The Morgan fingerprint density at radius 1 is 0.921 bits per heavy atom. The standard InChI is InChI=1S/C31H31ClN2O3S/c32-23-16-14-21(15-17-23)26-27(29(35)25-12-7-19-38-25)24(18-13-20-8-3-1-4-9-20)34(28(26)30(33)36)31(37)22-10-5-2-6-11-22/h1,3-4,7-9,12-19,22,24,26-28H,2,5-6,10-11H2,(H2,33,36). The first-order chi connectivity index (χ1) is 18.5. The Balaban J connectivity index is 1.67. The molecular formula is C31H31ClN2O3S. The molecule has 5 rings (SSSR count). The summed E-state index contributed by atoms with van der Waals surface area (Å²) < 4.78 is 0. The number of halogens is 1. The van der Waals surface area contributed by atoms with Gasteiger partial charge in [0.15, 0.2) is 5.78 Å². The van der Waals surface area contributed by atoms with Gasteiger partial charge in [-0.25, -0.2) is 0 Å². The molecule has 1 aromatic heterocycles. The highest BCUT2D eigenvalue weighted by Gasteiger charge is 2.56. The van der Waals surface area contributed by atoms with Crippen molar-refractivity contribution in [3.63, 3.8) is 0 Å².